The van der Waals surface area contributed by atoms with E-state index in [0.29, 0.717) is 0 Å². The molecule has 134 valence electrons. The van der Waals surface area contributed by atoms with Gasteiger partial charge in [0.05, 0.1) is 0 Å². The Labute approximate surface area is 173 Å². The number of hydrogen-bond acceptors (Lipinski definition) is 0. The van der Waals surface area contributed by atoms with Crippen molar-refractivity contribution in [3.8, 4) is 0 Å². The van der Waals surface area contributed by atoms with Crippen LogP contribution in [0.5, 0.6) is 0 Å². The summed E-state index contributed by atoms with van der Waals surface area (Å²) in [5.41, 5.74) is 0. The van der Waals surface area contributed by atoms with Gasteiger partial charge in [-0.2, -0.15) is 0 Å². The summed E-state index contributed by atoms with van der Waals surface area (Å²) >= 11 is 10.7. The van der Waals surface area contributed by atoms with E-state index in [0.717, 1.165) is 5.02 Å². The SMILES string of the molecule is Clc1ccc(P(Br)(c2ccccc2)(c2ccccc2)c2ccccc2)cc1. The van der Waals surface area contributed by atoms with Crippen molar-refractivity contribution in [2.75, 3.05) is 0 Å². The maximum atomic E-state index is 6.24. The van der Waals surface area contributed by atoms with E-state index in [4.69, 9.17) is 11.6 Å². The molecule has 0 bridgehead atoms. The Morgan fingerprint density at radius 1 is 0.444 bits per heavy atom. The van der Waals surface area contributed by atoms with Crippen LogP contribution in [0.4, 0.5) is 0 Å². The van der Waals surface area contributed by atoms with E-state index in [1.54, 1.807) is 0 Å². The minimum absolute atomic E-state index is 0.741. The predicted molar refractivity (Wildman–Crippen MR) is 125 cm³/mol. The third kappa shape index (κ3) is 2.86. The van der Waals surface area contributed by atoms with Crippen molar-refractivity contribution >= 4 is 53.6 Å². The summed E-state index contributed by atoms with van der Waals surface area (Å²) in [7, 11) is 0. The average Bonchev–Trinajstić information content (AvgIpc) is 2.76. The van der Waals surface area contributed by atoms with E-state index in [1.807, 2.05) is 12.1 Å². The summed E-state index contributed by atoms with van der Waals surface area (Å²) in [4.78, 5) is 0. The fraction of sp³-hybridized carbons (Fsp3) is 0. The fourth-order valence-corrected chi connectivity index (χ4v) is 11.4. The fourth-order valence-electron chi connectivity index (χ4n) is 3.74. The topological polar surface area (TPSA) is 0 Å². The number of benzene rings is 4. The van der Waals surface area contributed by atoms with E-state index in [-0.39, 0.29) is 0 Å². The molecular formula is C24H19BrClP. The number of hydrogen-bond donors (Lipinski definition) is 0. The van der Waals surface area contributed by atoms with Gasteiger partial charge in [-0.1, -0.05) is 0 Å². The van der Waals surface area contributed by atoms with Crippen LogP contribution in [-0.2, 0) is 0 Å². The van der Waals surface area contributed by atoms with Gasteiger partial charge in [-0.05, 0) is 0 Å². The van der Waals surface area contributed by atoms with Crippen LogP contribution >= 0.6 is 32.4 Å². The molecule has 0 fully saturated rings. The van der Waals surface area contributed by atoms with Crippen LogP contribution in [0.15, 0.2) is 115 Å². The van der Waals surface area contributed by atoms with Crippen molar-refractivity contribution in [3.05, 3.63) is 120 Å². The summed E-state index contributed by atoms with van der Waals surface area (Å²) in [5, 5.41) is 2.69. The molecule has 4 aromatic carbocycles. The maximum absolute atomic E-state index is 6.24. The first-order valence-electron chi connectivity index (χ1n) is 8.81. The molecule has 0 atom stereocenters. The third-order valence-electron chi connectivity index (χ3n) is 5.03. The Kier molecular flexibility index (Phi) is 4.95. The molecule has 0 heterocycles. The van der Waals surface area contributed by atoms with Crippen molar-refractivity contribution in [3.63, 3.8) is 0 Å². The van der Waals surface area contributed by atoms with Crippen LogP contribution in [0.25, 0.3) is 0 Å². The summed E-state index contributed by atoms with van der Waals surface area (Å²) in [6.07, 6.45) is 0. The van der Waals surface area contributed by atoms with Crippen molar-refractivity contribution in [1.29, 1.82) is 0 Å². The van der Waals surface area contributed by atoms with E-state index in [2.05, 4.69) is 119 Å². The molecule has 0 aliphatic rings. The Morgan fingerprint density at radius 3 is 1.07 bits per heavy atom. The van der Waals surface area contributed by atoms with Crippen LogP contribution in [0.2, 0.25) is 5.02 Å². The molecular weight excluding hydrogens is 435 g/mol. The monoisotopic (exact) mass is 452 g/mol. The third-order valence-corrected chi connectivity index (χ3v) is 15.3. The number of rotatable bonds is 4. The summed E-state index contributed by atoms with van der Waals surface area (Å²) in [6, 6.07) is 40.5. The molecule has 0 nitrogen and oxygen atoms in total. The first-order chi connectivity index (χ1) is 13.1. The van der Waals surface area contributed by atoms with E-state index in [9.17, 15) is 0 Å². The average molecular weight is 454 g/mol. The van der Waals surface area contributed by atoms with Gasteiger partial charge in [0.15, 0.2) is 0 Å². The second-order valence-electron chi connectivity index (χ2n) is 6.49. The van der Waals surface area contributed by atoms with Crippen LogP contribution in [0.1, 0.15) is 0 Å². The minimum atomic E-state index is -3.09. The molecule has 0 aliphatic heterocycles. The molecule has 0 spiro atoms. The molecule has 4 aromatic rings. The normalized spacial score (nSPS) is 12.9. The number of halogens is 2. The Morgan fingerprint density at radius 2 is 0.741 bits per heavy atom. The first kappa shape index (κ1) is 18.4. The summed E-state index contributed by atoms with van der Waals surface area (Å²) in [6.45, 7) is 0. The first-order valence-corrected chi connectivity index (χ1v) is 13.4. The standard InChI is InChI=1S/C24H19BrClP/c25-27(21-10-4-1-5-11-21,22-12-6-2-7-13-22,23-14-8-3-9-15-23)24-18-16-20(26)17-19-24/h1-19H. The molecule has 0 saturated carbocycles. The Hall–Kier alpha value is -1.92. The van der Waals surface area contributed by atoms with Gasteiger partial charge >= 0.3 is 174 Å². The zero-order valence-corrected chi connectivity index (χ0v) is 17.9. The van der Waals surface area contributed by atoms with Crippen LogP contribution < -0.4 is 21.2 Å². The predicted octanol–water partition coefficient (Wildman–Crippen LogP) is 5.81. The molecule has 0 aliphatic carbocycles. The molecule has 0 aromatic heterocycles. The second-order valence-corrected chi connectivity index (χ2v) is 15.3. The molecule has 0 unspecified atom stereocenters. The van der Waals surface area contributed by atoms with E-state index < -0.39 is 5.31 Å². The molecule has 27 heavy (non-hydrogen) atoms. The van der Waals surface area contributed by atoms with Gasteiger partial charge in [0.25, 0.3) is 0 Å². The van der Waals surface area contributed by atoms with Crippen LogP contribution in [0.3, 0.4) is 0 Å². The second kappa shape index (κ2) is 7.24. The van der Waals surface area contributed by atoms with Crippen molar-refractivity contribution in [2.45, 2.75) is 0 Å². The van der Waals surface area contributed by atoms with E-state index >= 15 is 0 Å². The zero-order valence-electron chi connectivity index (χ0n) is 14.7. The van der Waals surface area contributed by atoms with Crippen molar-refractivity contribution in [1.82, 2.24) is 0 Å². The Balaban J connectivity index is 2.22. The molecule has 0 radical (unpaired) electrons. The van der Waals surface area contributed by atoms with Gasteiger partial charge in [0.2, 0.25) is 0 Å². The Bertz CT molecular complexity index is 933. The molecule has 0 saturated heterocycles. The van der Waals surface area contributed by atoms with Crippen LogP contribution in [0, 0.1) is 0 Å². The van der Waals surface area contributed by atoms with E-state index in [1.165, 1.54) is 21.2 Å². The van der Waals surface area contributed by atoms with Gasteiger partial charge in [0.1, 0.15) is 0 Å². The molecule has 0 N–H and O–H groups in total. The molecule has 4 rings (SSSR count). The van der Waals surface area contributed by atoms with Crippen molar-refractivity contribution in [2.24, 2.45) is 0 Å². The quantitative estimate of drug-likeness (QED) is 0.342. The van der Waals surface area contributed by atoms with Gasteiger partial charge in [-0.25, -0.2) is 0 Å². The van der Waals surface area contributed by atoms with Crippen LogP contribution in [-0.4, -0.2) is 0 Å². The van der Waals surface area contributed by atoms with Gasteiger partial charge in [-0.15, -0.1) is 0 Å². The van der Waals surface area contributed by atoms with Gasteiger partial charge < -0.3 is 0 Å². The van der Waals surface area contributed by atoms with Gasteiger partial charge in [0, 0.05) is 0 Å². The van der Waals surface area contributed by atoms with Crippen molar-refractivity contribution < 1.29 is 0 Å². The zero-order chi connectivity index (χ0) is 18.8. The summed E-state index contributed by atoms with van der Waals surface area (Å²) in [5.74, 6) is 0. The summed E-state index contributed by atoms with van der Waals surface area (Å²) < 4.78 is 0. The molecule has 3 heteroatoms. The van der Waals surface area contributed by atoms with Gasteiger partial charge in [-0.3, -0.25) is 0 Å². The molecule has 0 amide bonds.